The van der Waals surface area contributed by atoms with E-state index in [1.165, 1.54) is 13.2 Å². The molecule has 5 heteroatoms. The van der Waals surface area contributed by atoms with Gasteiger partial charge in [0, 0.05) is 12.1 Å². The fraction of sp³-hybridized carbons (Fsp3) is 0.417. The van der Waals surface area contributed by atoms with E-state index >= 15 is 0 Å². The molecule has 0 atom stereocenters. The maximum absolute atomic E-state index is 11.9. The second kappa shape index (κ2) is 4.25. The molecule has 0 heterocycles. The Kier molecular flexibility index (Phi) is 2.93. The highest BCUT2D eigenvalue weighted by Gasteiger charge is 2.42. The number of amides is 1. The zero-order chi connectivity index (χ0) is 12.5. The quantitative estimate of drug-likeness (QED) is 0.715. The molecule has 4 N–H and O–H groups in total. The largest absolute Gasteiger partial charge is 0.504 e. The lowest BCUT2D eigenvalue weighted by Crippen LogP contribution is -2.42. The monoisotopic (exact) mass is 236 g/mol. The number of hydrogen-bond donors (Lipinski definition) is 3. The Morgan fingerprint density at radius 3 is 2.76 bits per heavy atom. The number of phenolic OH excluding ortho intramolecular Hbond substituents is 1. The van der Waals surface area contributed by atoms with Gasteiger partial charge in [-0.15, -0.1) is 0 Å². The van der Waals surface area contributed by atoms with E-state index in [0.717, 1.165) is 12.8 Å². The number of hydrogen-bond acceptors (Lipinski definition) is 4. The van der Waals surface area contributed by atoms with Crippen molar-refractivity contribution < 1.29 is 14.6 Å². The standard InChI is InChI=1S/C12H16N2O3/c1-17-10-3-2-8(6-9(10)15)11(16)14-12(7-13)4-5-12/h2-3,6,15H,4-5,7,13H2,1H3,(H,14,16). The number of ether oxygens (including phenoxy) is 1. The lowest BCUT2D eigenvalue weighted by atomic mass is 10.1. The lowest BCUT2D eigenvalue weighted by molar-refractivity contribution is 0.0932. The number of benzene rings is 1. The maximum Gasteiger partial charge on any atom is 0.251 e. The molecule has 1 aliphatic carbocycles. The normalized spacial score (nSPS) is 16.4. The highest BCUT2D eigenvalue weighted by molar-refractivity contribution is 5.95. The van der Waals surface area contributed by atoms with Crippen molar-refractivity contribution in [2.24, 2.45) is 5.73 Å². The second-order valence-electron chi connectivity index (χ2n) is 4.33. The van der Waals surface area contributed by atoms with Crippen molar-refractivity contribution in [3.63, 3.8) is 0 Å². The third-order valence-electron chi connectivity index (χ3n) is 3.06. The van der Waals surface area contributed by atoms with Crippen molar-refractivity contribution in [2.75, 3.05) is 13.7 Å². The number of carbonyl (C=O) groups is 1. The van der Waals surface area contributed by atoms with Gasteiger partial charge in [-0.1, -0.05) is 0 Å². The summed E-state index contributed by atoms with van der Waals surface area (Å²) in [4.78, 5) is 11.9. The molecule has 0 saturated heterocycles. The molecule has 1 fully saturated rings. The number of rotatable bonds is 4. The minimum atomic E-state index is -0.230. The first-order valence-electron chi connectivity index (χ1n) is 5.50. The Labute approximate surface area is 99.6 Å². The molecule has 5 nitrogen and oxygen atoms in total. The Balaban J connectivity index is 2.12. The van der Waals surface area contributed by atoms with Crippen LogP contribution in [0.4, 0.5) is 0 Å². The average Bonchev–Trinajstić information content (AvgIpc) is 3.09. The van der Waals surface area contributed by atoms with Crippen molar-refractivity contribution in [3.05, 3.63) is 23.8 Å². The molecule has 2 rings (SSSR count). The fourth-order valence-electron chi connectivity index (χ4n) is 1.68. The van der Waals surface area contributed by atoms with E-state index in [9.17, 15) is 9.90 Å². The molecule has 92 valence electrons. The van der Waals surface area contributed by atoms with Crippen LogP contribution < -0.4 is 15.8 Å². The highest BCUT2D eigenvalue weighted by Crippen LogP contribution is 2.34. The predicted octanol–water partition coefficient (Wildman–Crippen LogP) is 0.622. The SMILES string of the molecule is COc1ccc(C(=O)NC2(CN)CC2)cc1O. The lowest BCUT2D eigenvalue weighted by Gasteiger charge is -2.15. The zero-order valence-corrected chi connectivity index (χ0v) is 9.69. The minimum Gasteiger partial charge on any atom is -0.504 e. The molecular weight excluding hydrogens is 220 g/mol. The molecule has 1 aromatic rings. The van der Waals surface area contributed by atoms with E-state index in [2.05, 4.69) is 5.32 Å². The van der Waals surface area contributed by atoms with Crippen LogP contribution in [0, 0.1) is 0 Å². The topological polar surface area (TPSA) is 84.6 Å². The van der Waals surface area contributed by atoms with Crippen LogP contribution in [-0.2, 0) is 0 Å². The third kappa shape index (κ3) is 2.34. The average molecular weight is 236 g/mol. The van der Waals surface area contributed by atoms with Crippen LogP contribution >= 0.6 is 0 Å². The van der Waals surface area contributed by atoms with Gasteiger partial charge in [-0.2, -0.15) is 0 Å². The van der Waals surface area contributed by atoms with Gasteiger partial charge in [-0.25, -0.2) is 0 Å². The maximum atomic E-state index is 11.9. The van der Waals surface area contributed by atoms with Gasteiger partial charge < -0.3 is 20.9 Å². The third-order valence-corrected chi connectivity index (χ3v) is 3.06. The van der Waals surface area contributed by atoms with Crippen molar-refractivity contribution in [1.29, 1.82) is 0 Å². The summed E-state index contributed by atoms with van der Waals surface area (Å²) in [6.45, 7) is 0.445. The number of nitrogens with one attached hydrogen (secondary N) is 1. The number of methoxy groups -OCH3 is 1. The molecule has 0 unspecified atom stereocenters. The fourth-order valence-corrected chi connectivity index (χ4v) is 1.68. The van der Waals surface area contributed by atoms with Crippen LogP contribution in [0.3, 0.4) is 0 Å². The summed E-state index contributed by atoms with van der Waals surface area (Å²) in [7, 11) is 1.46. The van der Waals surface area contributed by atoms with Gasteiger partial charge >= 0.3 is 0 Å². The first-order valence-corrected chi connectivity index (χ1v) is 5.50. The van der Waals surface area contributed by atoms with Crippen LogP contribution in [0.2, 0.25) is 0 Å². The van der Waals surface area contributed by atoms with E-state index in [4.69, 9.17) is 10.5 Å². The molecule has 1 amide bonds. The number of nitrogens with two attached hydrogens (primary N) is 1. The first kappa shape index (κ1) is 11.7. The summed E-state index contributed by atoms with van der Waals surface area (Å²) in [5.41, 5.74) is 5.76. The van der Waals surface area contributed by atoms with E-state index in [1.54, 1.807) is 12.1 Å². The van der Waals surface area contributed by atoms with Gasteiger partial charge in [0.1, 0.15) is 0 Å². The molecule has 0 aromatic heterocycles. The molecule has 17 heavy (non-hydrogen) atoms. The van der Waals surface area contributed by atoms with E-state index in [1.807, 2.05) is 0 Å². The number of phenols is 1. The van der Waals surface area contributed by atoms with E-state index in [-0.39, 0.29) is 17.2 Å². The number of carbonyl (C=O) groups excluding carboxylic acids is 1. The molecule has 1 saturated carbocycles. The summed E-state index contributed by atoms with van der Waals surface area (Å²) in [5.74, 6) is 0.0881. The summed E-state index contributed by atoms with van der Waals surface area (Å²) >= 11 is 0. The van der Waals surface area contributed by atoms with Gasteiger partial charge in [0.15, 0.2) is 11.5 Å². The predicted molar refractivity (Wildman–Crippen MR) is 63.1 cm³/mol. The van der Waals surface area contributed by atoms with Gasteiger partial charge in [-0.05, 0) is 31.0 Å². The molecular formula is C12H16N2O3. The smallest absolute Gasteiger partial charge is 0.251 e. The zero-order valence-electron chi connectivity index (χ0n) is 9.69. The molecule has 0 radical (unpaired) electrons. The van der Waals surface area contributed by atoms with Crippen molar-refractivity contribution in [3.8, 4) is 11.5 Å². The van der Waals surface area contributed by atoms with Crippen LogP contribution in [0.15, 0.2) is 18.2 Å². The number of aromatic hydroxyl groups is 1. The Morgan fingerprint density at radius 2 is 2.29 bits per heavy atom. The summed E-state index contributed by atoms with van der Waals surface area (Å²) < 4.78 is 4.91. The van der Waals surface area contributed by atoms with Gasteiger partial charge in [-0.3, -0.25) is 4.79 Å². The van der Waals surface area contributed by atoms with Crippen LogP contribution in [0.1, 0.15) is 23.2 Å². The van der Waals surface area contributed by atoms with Crippen LogP contribution in [0.25, 0.3) is 0 Å². The van der Waals surface area contributed by atoms with Gasteiger partial charge in [0.25, 0.3) is 5.91 Å². The van der Waals surface area contributed by atoms with Crippen molar-refractivity contribution >= 4 is 5.91 Å². The Hall–Kier alpha value is -1.75. The molecule has 1 aromatic carbocycles. The van der Waals surface area contributed by atoms with E-state index < -0.39 is 0 Å². The summed E-state index contributed by atoms with van der Waals surface area (Å²) in [6.07, 6.45) is 1.83. The first-order chi connectivity index (χ1) is 8.10. The molecule has 0 aliphatic heterocycles. The van der Waals surface area contributed by atoms with Gasteiger partial charge in [0.2, 0.25) is 0 Å². The highest BCUT2D eigenvalue weighted by atomic mass is 16.5. The molecule has 0 bridgehead atoms. The van der Waals surface area contributed by atoms with E-state index in [0.29, 0.717) is 17.9 Å². The molecule has 0 spiro atoms. The second-order valence-corrected chi connectivity index (χ2v) is 4.33. The van der Waals surface area contributed by atoms with Crippen LogP contribution in [-0.4, -0.2) is 30.2 Å². The summed E-state index contributed by atoms with van der Waals surface area (Å²) in [5, 5.41) is 12.5. The Morgan fingerprint density at radius 1 is 1.59 bits per heavy atom. The summed E-state index contributed by atoms with van der Waals surface area (Å²) in [6, 6.07) is 4.56. The van der Waals surface area contributed by atoms with Gasteiger partial charge in [0.05, 0.1) is 12.6 Å². The van der Waals surface area contributed by atoms with Crippen LogP contribution in [0.5, 0.6) is 11.5 Å². The van der Waals surface area contributed by atoms with Crippen molar-refractivity contribution in [2.45, 2.75) is 18.4 Å². The van der Waals surface area contributed by atoms with Crippen molar-refractivity contribution in [1.82, 2.24) is 5.32 Å². The minimum absolute atomic E-state index is 0.0438. The Bertz CT molecular complexity index is 441. The molecule has 1 aliphatic rings.